The summed E-state index contributed by atoms with van der Waals surface area (Å²) in [6, 6.07) is 2.54. The summed E-state index contributed by atoms with van der Waals surface area (Å²) in [5.74, 6) is -2.25. The first-order chi connectivity index (χ1) is 8.76. The number of nitro benzene ring substituents is 1. The van der Waals surface area contributed by atoms with Gasteiger partial charge in [-0.15, -0.1) is 0 Å². The second kappa shape index (κ2) is 4.19. The van der Waals surface area contributed by atoms with Crippen LogP contribution in [0.15, 0.2) is 23.4 Å². The van der Waals surface area contributed by atoms with E-state index in [4.69, 9.17) is 0 Å². The van der Waals surface area contributed by atoms with Crippen molar-refractivity contribution >= 4 is 11.9 Å². The molecule has 0 radical (unpaired) electrons. The van der Waals surface area contributed by atoms with Crippen LogP contribution in [0.3, 0.4) is 0 Å². The van der Waals surface area contributed by atoms with Crippen LogP contribution in [0.2, 0.25) is 0 Å². The third-order valence-electron chi connectivity index (χ3n) is 2.59. The summed E-state index contributed by atoms with van der Waals surface area (Å²) in [5, 5.41) is 24.1. The lowest BCUT2D eigenvalue weighted by Gasteiger charge is -2.21. The highest BCUT2D eigenvalue weighted by Crippen LogP contribution is 2.43. The minimum atomic E-state index is -4.91. The lowest BCUT2D eigenvalue weighted by molar-refractivity contribution is -0.391. The first kappa shape index (κ1) is 13.3. The maximum Gasteiger partial charge on any atom is 0.423 e. The quantitative estimate of drug-likeness (QED) is 0.662. The van der Waals surface area contributed by atoms with Crippen molar-refractivity contribution in [2.24, 2.45) is 5.16 Å². The van der Waals surface area contributed by atoms with E-state index in [9.17, 15) is 28.4 Å². The fourth-order valence-electron chi connectivity index (χ4n) is 1.77. The summed E-state index contributed by atoms with van der Waals surface area (Å²) in [6.45, 7) is 0. The highest BCUT2D eigenvalue weighted by atomic mass is 19.4. The topological polar surface area (TPSA) is 85.0 Å². The Labute approximate surface area is 104 Å². The van der Waals surface area contributed by atoms with Gasteiger partial charge in [0.25, 0.3) is 11.5 Å². The maximum atomic E-state index is 12.7. The van der Waals surface area contributed by atoms with Gasteiger partial charge in [0.05, 0.1) is 17.6 Å². The summed E-state index contributed by atoms with van der Waals surface area (Å²) in [6.07, 6.45) is -4.06. The molecule has 1 aromatic carbocycles. The van der Waals surface area contributed by atoms with Crippen LogP contribution < -0.4 is 0 Å². The zero-order valence-electron chi connectivity index (χ0n) is 9.22. The Kier molecular flexibility index (Phi) is 2.93. The van der Waals surface area contributed by atoms with Crippen LogP contribution in [0, 0.1) is 10.1 Å². The molecule has 1 unspecified atom stereocenters. The molecule has 1 N–H and O–H groups in total. The standard InChI is InChI=1S/C10H7F3N2O4/c11-10(12,13)7-3-1-2-6(8(7)15(17)18)9(16)4-5-14-19-9/h1-3,5,16H,4H2. The highest BCUT2D eigenvalue weighted by molar-refractivity contribution is 5.62. The van der Waals surface area contributed by atoms with Crippen molar-refractivity contribution in [1.29, 1.82) is 0 Å². The molecule has 0 aliphatic carbocycles. The van der Waals surface area contributed by atoms with E-state index in [-0.39, 0.29) is 6.42 Å². The van der Waals surface area contributed by atoms with E-state index in [0.29, 0.717) is 6.07 Å². The van der Waals surface area contributed by atoms with E-state index in [0.717, 1.165) is 18.3 Å². The van der Waals surface area contributed by atoms with Gasteiger partial charge < -0.3 is 9.94 Å². The van der Waals surface area contributed by atoms with E-state index in [1.165, 1.54) is 0 Å². The Bertz CT molecular complexity index is 548. The average Bonchev–Trinajstić information content (AvgIpc) is 2.75. The number of alkyl halides is 3. The molecule has 1 aliphatic rings. The zero-order valence-corrected chi connectivity index (χ0v) is 9.22. The van der Waals surface area contributed by atoms with E-state index >= 15 is 0 Å². The van der Waals surface area contributed by atoms with Gasteiger partial charge in [0.15, 0.2) is 0 Å². The van der Waals surface area contributed by atoms with Crippen molar-refractivity contribution in [2.45, 2.75) is 18.4 Å². The van der Waals surface area contributed by atoms with Gasteiger partial charge in [-0.1, -0.05) is 11.2 Å². The smallest absolute Gasteiger partial charge is 0.355 e. The molecule has 19 heavy (non-hydrogen) atoms. The summed E-state index contributed by atoms with van der Waals surface area (Å²) in [5.41, 5.74) is -3.26. The Balaban J connectivity index is 2.65. The van der Waals surface area contributed by atoms with Gasteiger partial charge in [0, 0.05) is 0 Å². The third kappa shape index (κ3) is 2.24. The number of benzene rings is 1. The molecular weight excluding hydrogens is 269 g/mol. The zero-order chi connectivity index (χ0) is 14.3. The summed E-state index contributed by atoms with van der Waals surface area (Å²) >= 11 is 0. The molecule has 2 rings (SSSR count). The predicted octanol–water partition coefficient (Wildman–Crippen LogP) is 2.16. The van der Waals surface area contributed by atoms with Crippen molar-refractivity contribution in [3.63, 3.8) is 0 Å². The SMILES string of the molecule is O=[N+]([O-])c1c(C(F)(F)F)cccc1C1(O)CC=NO1. The largest absolute Gasteiger partial charge is 0.423 e. The highest BCUT2D eigenvalue weighted by Gasteiger charge is 2.46. The Morgan fingerprint density at radius 3 is 2.63 bits per heavy atom. The number of rotatable bonds is 2. The Hall–Kier alpha value is -2.16. The van der Waals surface area contributed by atoms with Crippen LogP contribution in [0.1, 0.15) is 17.5 Å². The summed E-state index contributed by atoms with van der Waals surface area (Å²) < 4.78 is 38.2. The molecule has 0 saturated carbocycles. The molecule has 0 bridgehead atoms. The number of oxime groups is 1. The van der Waals surface area contributed by atoms with Gasteiger partial charge in [-0.2, -0.15) is 13.2 Å². The van der Waals surface area contributed by atoms with Crippen LogP contribution in [0.5, 0.6) is 0 Å². The van der Waals surface area contributed by atoms with Crippen LogP contribution in [-0.2, 0) is 16.8 Å². The van der Waals surface area contributed by atoms with Crippen molar-refractivity contribution in [3.8, 4) is 0 Å². The lowest BCUT2D eigenvalue weighted by Crippen LogP contribution is -2.26. The molecule has 1 heterocycles. The molecule has 9 heteroatoms. The molecule has 1 atom stereocenters. The summed E-state index contributed by atoms with van der Waals surface area (Å²) in [7, 11) is 0. The first-order valence-electron chi connectivity index (χ1n) is 5.03. The van der Waals surface area contributed by atoms with Crippen molar-refractivity contribution < 1.29 is 28.0 Å². The van der Waals surface area contributed by atoms with Crippen LogP contribution in [-0.4, -0.2) is 16.2 Å². The number of nitro groups is 1. The second-order valence-corrected chi connectivity index (χ2v) is 3.82. The number of hydrogen-bond acceptors (Lipinski definition) is 5. The molecule has 0 spiro atoms. The monoisotopic (exact) mass is 276 g/mol. The predicted molar refractivity (Wildman–Crippen MR) is 56.2 cm³/mol. The van der Waals surface area contributed by atoms with E-state index in [1.807, 2.05) is 0 Å². The molecule has 0 aromatic heterocycles. The van der Waals surface area contributed by atoms with Gasteiger partial charge >= 0.3 is 6.18 Å². The molecule has 102 valence electrons. The third-order valence-corrected chi connectivity index (χ3v) is 2.59. The minimum Gasteiger partial charge on any atom is -0.355 e. The number of para-hydroxylation sites is 1. The molecule has 0 saturated heterocycles. The molecule has 1 aromatic rings. The van der Waals surface area contributed by atoms with Gasteiger partial charge in [-0.3, -0.25) is 10.1 Å². The summed E-state index contributed by atoms with van der Waals surface area (Å²) in [4.78, 5) is 14.2. The van der Waals surface area contributed by atoms with E-state index < -0.39 is 33.7 Å². The average molecular weight is 276 g/mol. The fourth-order valence-corrected chi connectivity index (χ4v) is 1.77. The second-order valence-electron chi connectivity index (χ2n) is 3.82. The van der Waals surface area contributed by atoms with Crippen LogP contribution in [0.4, 0.5) is 18.9 Å². The van der Waals surface area contributed by atoms with Gasteiger partial charge in [-0.05, 0) is 12.1 Å². The van der Waals surface area contributed by atoms with Crippen LogP contribution in [0.25, 0.3) is 0 Å². The number of aliphatic hydroxyl groups is 1. The van der Waals surface area contributed by atoms with E-state index in [1.54, 1.807) is 0 Å². The first-order valence-corrected chi connectivity index (χ1v) is 5.03. The number of nitrogens with zero attached hydrogens (tertiary/aromatic N) is 2. The van der Waals surface area contributed by atoms with Crippen LogP contribution >= 0.6 is 0 Å². The van der Waals surface area contributed by atoms with Crippen molar-refractivity contribution in [1.82, 2.24) is 0 Å². The molecule has 6 nitrogen and oxygen atoms in total. The molecule has 1 aliphatic heterocycles. The van der Waals surface area contributed by atoms with Gasteiger partial charge in [0.1, 0.15) is 11.1 Å². The lowest BCUT2D eigenvalue weighted by atomic mass is 9.98. The van der Waals surface area contributed by atoms with E-state index in [2.05, 4.69) is 9.99 Å². The fraction of sp³-hybridized carbons (Fsp3) is 0.300. The van der Waals surface area contributed by atoms with Crippen molar-refractivity contribution in [3.05, 3.63) is 39.4 Å². The Morgan fingerprint density at radius 2 is 2.16 bits per heavy atom. The molecule has 0 amide bonds. The number of hydrogen-bond donors (Lipinski definition) is 1. The van der Waals surface area contributed by atoms with Gasteiger partial charge in [-0.25, -0.2) is 0 Å². The van der Waals surface area contributed by atoms with Gasteiger partial charge in [0.2, 0.25) is 0 Å². The maximum absolute atomic E-state index is 12.7. The minimum absolute atomic E-state index is 0.269. The van der Waals surface area contributed by atoms with Crippen molar-refractivity contribution in [2.75, 3.05) is 0 Å². The normalized spacial score (nSPS) is 22.3. The molecular formula is C10H7F3N2O4. The molecule has 0 fully saturated rings. The Morgan fingerprint density at radius 1 is 1.47 bits per heavy atom. The number of halogens is 3.